The number of para-hydroxylation sites is 1. The van der Waals surface area contributed by atoms with Crippen molar-refractivity contribution in [2.45, 2.75) is 13.0 Å². The Bertz CT molecular complexity index is 1090. The lowest BCUT2D eigenvalue weighted by Gasteiger charge is -2.40. The second kappa shape index (κ2) is 12.6. The number of halogens is 2. The highest BCUT2D eigenvalue weighted by Gasteiger charge is 2.32. The number of morpholine rings is 1. The molecule has 2 aliphatic rings. The number of nitrogens with zero attached hydrogens (tertiary/aromatic N) is 3. The summed E-state index contributed by atoms with van der Waals surface area (Å²) in [5.41, 5.74) is 4.92. The van der Waals surface area contributed by atoms with Crippen molar-refractivity contribution in [1.82, 2.24) is 19.7 Å². The summed E-state index contributed by atoms with van der Waals surface area (Å²) in [6.45, 7) is 8.72. The zero-order chi connectivity index (χ0) is 22.6. The molecule has 5 rings (SSSR count). The number of amides is 1. The van der Waals surface area contributed by atoms with Crippen LogP contribution >= 0.6 is 24.8 Å². The van der Waals surface area contributed by atoms with Crippen molar-refractivity contribution in [1.29, 1.82) is 0 Å². The van der Waals surface area contributed by atoms with E-state index in [1.165, 1.54) is 0 Å². The second-order valence-corrected chi connectivity index (χ2v) is 8.85. The summed E-state index contributed by atoms with van der Waals surface area (Å²) >= 11 is 0. The molecule has 1 atom stereocenters. The first-order valence-corrected chi connectivity index (χ1v) is 11.9. The summed E-state index contributed by atoms with van der Waals surface area (Å²) in [6, 6.07) is 22.8. The number of aromatic nitrogens is 1. The van der Waals surface area contributed by atoms with E-state index in [2.05, 4.69) is 56.9 Å². The number of benzene rings is 2. The van der Waals surface area contributed by atoms with Crippen molar-refractivity contribution in [2.24, 2.45) is 0 Å². The van der Waals surface area contributed by atoms with Crippen LogP contribution in [0.25, 0.3) is 16.9 Å². The highest BCUT2D eigenvalue weighted by atomic mass is 35.5. The van der Waals surface area contributed by atoms with E-state index in [-0.39, 0.29) is 36.8 Å². The second-order valence-electron chi connectivity index (χ2n) is 8.85. The highest BCUT2D eigenvalue weighted by molar-refractivity contribution is 6.01. The van der Waals surface area contributed by atoms with Crippen LogP contribution in [0.5, 0.6) is 0 Å². The Morgan fingerprint density at radius 2 is 1.63 bits per heavy atom. The van der Waals surface area contributed by atoms with E-state index in [1.54, 1.807) is 0 Å². The van der Waals surface area contributed by atoms with Crippen LogP contribution in [0.2, 0.25) is 0 Å². The van der Waals surface area contributed by atoms with E-state index in [0.717, 1.165) is 80.7 Å². The molecule has 188 valence electrons. The maximum Gasteiger partial charge on any atom is 0.256 e. The number of ether oxygens (including phenoxy) is 1. The van der Waals surface area contributed by atoms with Crippen LogP contribution in [0.1, 0.15) is 16.1 Å². The third-order valence-corrected chi connectivity index (χ3v) is 6.66. The van der Waals surface area contributed by atoms with Crippen LogP contribution in [0.4, 0.5) is 0 Å². The molecule has 0 radical (unpaired) electrons. The van der Waals surface area contributed by atoms with Crippen molar-refractivity contribution >= 4 is 30.7 Å². The molecule has 0 spiro atoms. The van der Waals surface area contributed by atoms with Gasteiger partial charge in [0.1, 0.15) is 0 Å². The number of rotatable bonds is 5. The SMILES string of the molecule is Cc1cc(C(=O)N2CCNC[C@H]2CN2CCOCC2)c(-c2ccccc2)n1-c1ccccc1.Cl.Cl. The van der Waals surface area contributed by atoms with Gasteiger partial charge in [0, 0.05) is 50.6 Å². The number of carbonyl (C=O) groups excluding carboxylic acids is 1. The van der Waals surface area contributed by atoms with Crippen LogP contribution < -0.4 is 5.32 Å². The quantitative estimate of drug-likeness (QED) is 0.555. The first kappa shape index (κ1) is 27.2. The minimum atomic E-state index is 0. The minimum absolute atomic E-state index is 0. The third-order valence-electron chi connectivity index (χ3n) is 6.66. The molecule has 1 amide bonds. The molecule has 3 aromatic rings. The number of nitrogens with one attached hydrogen (secondary N) is 1. The van der Waals surface area contributed by atoms with Gasteiger partial charge in [0.05, 0.1) is 30.5 Å². The lowest BCUT2D eigenvalue weighted by molar-refractivity contribution is 0.0187. The Labute approximate surface area is 220 Å². The smallest absolute Gasteiger partial charge is 0.256 e. The Morgan fingerprint density at radius 3 is 2.31 bits per heavy atom. The molecule has 2 aliphatic heterocycles. The van der Waals surface area contributed by atoms with Gasteiger partial charge in [-0.15, -0.1) is 24.8 Å². The van der Waals surface area contributed by atoms with E-state index in [9.17, 15) is 4.79 Å². The average Bonchev–Trinajstić information content (AvgIpc) is 3.22. The number of piperazine rings is 1. The fourth-order valence-electron chi connectivity index (χ4n) is 5.02. The van der Waals surface area contributed by atoms with Crippen molar-refractivity contribution < 1.29 is 9.53 Å². The zero-order valence-electron chi connectivity index (χ0n) is 20.1. The fourth-order valence-corrected chi connectivity index (χ4v) is 5.02. The maximum absolute atomic E-state index is 14.1. The lowest BCUT2D eigenvalue weighted by Crippen LogP contribution is -2.58. The molecule has 0 bridgehead atoms. The monoisotopic (exact) mass is 516 g/mol. The van der Waals surface area contributed by atoms with Gasteiger partial charge in [-0.2, -0.15) is 0 Å². The summed E-state index contributed by atoms with van der Waals surface area (Å²) in [4.78, 5) is 18.6. The summed E-state index contributed by atoms with van der Waals surface area (Å²) in [5, 5.41) is 3.49. The van der Waals surface area contributed by atoms with Crippen molar-refractivity contribution in [3.63, 3.8) is 0 Å². The highest BCUT2D eigenvalue weighted by Crippen LogP contribution is 2.32. The molecule has 1 aromatic heterocycles. The molecule has 3 heterocycles. The summed E-state index contributed by atoms with van der Waals surface area (Å²) in [6.07, 6.45) is 0. The van der Waals surface area contributed by atoms with Crippen molar-refractivity contribution in [2.75, 3.05) is 52.5 Å². The Hall–Kier alpha value is -2.35. The molecule has 0 saturated carbocycles. The summed E-state index contributed by atoms with van der Waals surface area (Å²) in [5.74, 6) is 0.117. The molecule has 2 aromatic carbocycles. The molecule has 0 unspecified atom stereocenters. The van der Waals surface area contributed by atoms with E-state index >= 15 is 0 Å². The van der Waals surface area contributed by atoms with Gasteiger partial charge in [-0.25, -0.2) is 0 Å². The maximum atomic E-state index is 14.1. The fraction of sp³-hybridized carbons (Fsp3) is 0.370. The minimum Gasteiger partial charge on any atom is -0.379 e. The number of carbonyl (C=O) groups is 1. The normalized spacial score (nSPS) is 18.4. The van der Waals surface area contributed by atoms with E-state index in [4.69, 9.17) is 4.74 Å². The summed E-state index contributed by atoms with van der Waals surface area (Å²) in [7, 11) is 0. The standard InChI is InChI=1S/C27H32N4O2.2ClH/c1-21-18-25(26(22-8-4-2-5-9-22)31(21)23-10-6-3-7-11-23)27(32)30-13-12-28-19-24(30)20-29-14-16-33-17-15-29;;/h2-11,18,24,28H,12-17,19-20H2,1H3;2*1H/t24-;;/m0../s1. The number of hydrogen-bond acceptors (Lipinski definition) is 4. The number of hydrogen-bond donors (Lipinski definition) is 1. The van der Waals surface area contributed by atoms with E-state index < -0.39 is 0 Å². The van der Waals surface area contributed by atoms with Gasteiger partial charge in [-0.05, 0) is 30.7 Å². The third kappa shape index (κ3) is 5.90. The molecule has 8 heteroatoms. The molecule has 0 aliphatic carbocycles. The number of aryl methyl sites for hydroxylation is 1. The van der Waals surface area contributed by atoms with Crippen LogP contribution in [0.3, 0.4) is 0 Å². The predicted molar refractivity (Wildman–Crippen MR) is 145 cm³/mol. The van der Waals surface area contributed by atoms with Gasteiger partial charge in [-0.1, -0.05) is 48.5 Å². The summed E-state index contributed by atoms with van der Waals surface area (Å²) < 4.78 is 7.72. The lowest BCUT2D eigenvalue weighted by atomic mass is 10.0. The molecule has 35 heavy (non-hydrogen) atoms. The van der Waals surface area contributed by atoms with Crippen LogP contribution in [0, 0.1) is 6.92 Å². The topological polar surface area (TPSA) is 49.7 Å². The van der Waals surface area contributed by atoms with Gasteiger partial charge in [-0.3, -0.25) is 9.69 Å². The van der Waals surface area contributed by atoms with E-state index in [0.29, 0.717) is 0 Å². The van der Waals surface area contributed by atoms with Crippen LogP contribution in [0.15, 0.2) is 66.7 Å². The largest absolute Gasteiger partial charge is 0.379 e. The Kier molecular flexibility index (Phi) is 9.78. The van der Waals surface area contributed by atoms with Gasteiger partial charge in [0.25, 0.3) is 5.91 Å². The molecule has 2 fully saturated rings. The molecular weight excluding hydrogens is 483 g/mol. The van der Waals surface area contributed by atoms with E-state index in [1.807, 2.05) is 36.4 Å². The molecular formula is C27H34Cl2N4O2. The average molecular weight is 518 g/mol. The first-order valence-electron chi connectivity index (χ1n) is 11.9. The van der Waals surface area contributed by atoms with Crippen molar-refractivity contribution in [3.05, 3.63) is 78.0 Å². The van der Waals surface area contributed by atoms with Crippen molar-refractivity contribution in [3.8, 4) is 16.9 Å². The van der Waals surface area contributed by atoms with Gasteiger partial charge in [0.15, 0.2) is 0 Å². The van der Waals surface area contributed by atoms with Gasteiger partial charge < -0.3 is 19.5 Å². The predicted octanol–water partition coefficient (Wildman–Crippen LogP) is 4.04. The van der Waals surface area contributed by atoms with Crippen LogP contribution in [-0.4, -0.2) is 78.8 Å². The molecule has 1 N–H and O–H groups in total. The Balaban J connectivity index is 0.00000171. The Morgan fingerprint density at radius 1 is 0.971 bits per heavy atom. The first-order chi connectivity index (χ1) is 16.2. The van der Waals surface area contributed by atoms with Gasteiger partial charge in [0.2, 0.25) is 0 Å². The molecule has 2 saturated heterocycles. The zero-order valence-corrected chi connectivity index (χ0v) is 21.7. The molecule has 6 nitrogen and oxygen atoms in total. The van der Waals surface area contributed by atoms with Gasteiger partial charge >= 0.3 is 0 Å². The van der Waals surface area contributed by atoms with Crippen LogP contribution in [-0.2, 0) is 4.74 Å².